The maximum Gasteiger partial charge on any atom is 0.263 e. The lowest BCUT2D eigenvalue weighted by Gasteiger charge is -2.29. The summed E-state index contributed by atoms with van der Waals surface area (Å²) < 4.78 is 41.6. The third-order valence-electron chi connectivity index (χ3n) is 4.87. The van der Waals surface area contributed by atoms with Crippen molar-refractivity contribution in [3.63, 3.8) is 0 Å². The Morgan fingerprint density at radius 1 is 1.00 bits per heavy atom. The number of para-hydroxylation sites is 1. The Morgan fingerprint density at radius 2 is 1.77 bits per heavy atom. The van der Waals surface area contributed by atoms with Crippen LogP contribution in [-0.4, -0.2) is 18.5 Å². The van der Waals surface area contributed by atoms with Crippen LogP contribution in [0.1, 0.15) is 5.56 Å². The van der Waals surface area contributed by atoms with Gasteiger partial charge in [0.15, 0.2) is 0 Å². The summed E-state index contributed by atoms with van der Waals surface area (Å²) in [6.07, 6.45) is 4.28. The van der Waals surface area contributed by atoms with Crippen LogP contribution >= 0.6 is 0 Å². The molecule has 0 aliphatic carbocycles. The number of benzene rings is 2. The third-order valence-corrected chi connectivity index (χ3v) is 6.22. The van der Waals surface area contributed by atoms with E-state index in [9.17, 15) is 17.9 Å². The topological polar surface area (TPSA) is 97.8 Å². The molecule has 5 rings (SSSR count). The number of sulfonamides is 1. The van der Waals surface area contributed by atoms with Crippen molar-refractivity contribution in [3.8, 4) is 0 Å². The van der Waals surface area contributed by atoms with Gasteiger partial charge in [-0.25, -0.2) is 17.8 Å². The predicted octanol–water partition coefficient (Wildman–Crippen LogP) is 3.03. The lowest BCUT2D eigenvalue weighted by atomic mass is 10.0. The highest BCUT2D eigenvalue weighted by Gasteiger charge is 2.35. The number of anilines is 2. The molecule has 0 bridgehead atoms. The number of fused-ring (bicyclic) bond motifs is 3. The first kappa shape index (κ1) is 19.1. The molecule has 0 unspecified atom stereocenters. The van der Waals surface area contributed by atoms with E-state index in [2.05, 4.69) is 15.2 Å². The van der Waals surface area contributed by atoms with Gasteiger partial charge < -0.3 is 5.11 Å². The Morgan fingerprint density at radius 3 is 2.52 bits per heavy atom. The van der Waals surface area contributed by atoms with Crippen LogP contribution in [0.4, 0.5) is 15.8 Å². The minimum Gasteiger partial charge on any atom is -0.492 e. The summed E-state index contributed by atoms with van der Waals surface area (Å²) in [5.74, 6) is -0.565. The van der Waals surface area contributed by atoms with Gasteiger partial charge in [-0.1, -0.05) is 18.2 Å². The number of nitrogens with one attached hydrogen (secondary N) is 2. The van der Waals surface area contributed by atoms with Crippen molar-refractivity contribution in [2.75, 3.05) is 10.0 Å². The predicted molar refractivity (Wildman–Crippen MR) is 113 cm³/mol. The first-order valence-electron chi connectivity index (χ1n) is 9.23. The summed E-state index contributed by atoms with van der Waals surface area (Å²) in [5.41, 5.74) is 5.40. The molecule has 0 radical (unpaired) electrons. The third kappa shape index (κ3) is 3.27. The lowest BCUT2D eigenvalue weighted by molar-refractivity contribution is 0.388. The fraction of sp³-hybridized carbons (Fsp3) is 0. The zero-order chi connectivity index (χ0) is 21.6. The molecule has 3 aromatic rings. The van der Waals surface area contributed by atoms with E-state index >= 15 is 0 Å². The summed E-state index contributed by atoms with van der Waals surface area (Å²) in [4.78, 5) is 3.88. The molecule has 0 saturated heterocycles. The minimum absolute atomic E-state index is 0.0199. The fourth-order valence-electron chi connectivity index (χ4n) is 3.40. The molecule has 0 spiro atoms. The van der Waals surface area contributed by atoms with Crippen LogP contribution in [0.15, 0.2) is 95.6 Å². The van der Waals surface area contributed by atoms with Crippen LogP contribution in [-0.2, 0) is 10.0 Å². The Hall–Kier alpha value is -3.89. The van der Waals surface area contributed by atoms with Crippen LogP contribution in [0, 0.1) is 5.82 Å². The maximum atomic E-state index is 13.3. The van der Waals surface area contributed by atoms with E-state index in [1.165, 1.54) is 59.9 Å². The standard InChI is InChI=1S/C21H16FN5O3S/c22-14-7-9-15(10-8-14)26-21(28)20-12-18(17-5-1-2-6-19(17)27(20)25-26)24-31(29,30)16-4-3-11-23-13-16/h1-13,24-25,28H. The summed E-state index contributed by atoms with van der Waals surface area (Å²) in [6, 6.07) is 15.7. The lowest BCUT2D eigenvalue weighted by Crippen LogP contribution is -2.43. The van der Waals surface area contributed by atoms with Crippen molar-refractivity contribution in [2.45, 2.75) is 4.90 Å². The fourth-order valence-corrected chi connectivity index (χ4v) is 4.44. The number of allylic oxidation sites excluding steroid dienone is 1. The minimum atomic E-state index is -3.90. The zero-order valence-corrected chi connectivity index (χ0v) is 16.7. The smallest absolute Gasteiger partial charge is 0.263 e. The van der Waals surface area contributed by atoms with Crippen molar-refractivity contribution in [1.29, 1.82) is 0 Å². The number of hydrogen-bond acceptors (Lipinski definition) is 7. The van der Waals surface area contributed by atoms with Crippen LogP contribution in [0.3, 0.4) is 0 Å². The number of aromatic nitrogens is 1. The van der Waals surface area contributed by atoms with E-state index in [0.29, 0.717) is 28.3 Å². The first-order chi connectivity index (χ1) is 14.9. The summed E-state index contributed by atoms with van der Waals surface area (Å²) >= 11 is 0. The molecule has 0 amide bonds. The van der Waals surface area contributed by atoms with Crippen molar-refractivity contribution in [1.82, 2.24) is 15.2 Å². The van der Waals surface area contributed by atoms with Gasteiger partial charge in [-0.15, -0.1) is 5.53 Å². The summed E-state index contributed by atoms with van der Waals surface area (Å²) in [5, 5.41) is 13.8. The molecule has 10 heteroatoms. The molecule has 0 saturated carbocycles. The van der Waals surface area contributed by atoms with Crippen molar-refractivity contribution < 1.29 is 17.9 Å². The molecule has 1 aromatic heterocycles. The van der Waals surface area contributed by atoms with Gasteiger partial charge in [0.25, 0.3) is 10.0 Å². The van der Waals surface area contributed by atoms with E-state index in [4.69, 9.17) is 0 Å². The second-order valence-corrected chi connectivity index (χ2v) is 8.51. The van der Waals surface area contributed by atoms with Gasteiger partial charge in [0.1, 0.15) is 16.4 Å². The monoisotopic (exact) mass is 437 g/mol. The molecule has 2 aliphatic heterocycles. The van der Waals surface area contributed by atoms with Gasteiger partial charge in [0.2, 0.25) is 5.88 Å². The van der Waals surface area contributed by atoms with Crippen LogP contribution < -0.4 is 20.3 Å². The number of rotatable bonds is 4. The van der Waals surface area contributed by atoms with Crippen molar-refractivity contribution in [3.05, 3.63) is 102 Å². The molecule has 156 valence electrons. The number of aliphatic hydroxyl groups excluding tert-OH is 1. The molecule has 2 aliphatic rings. The Kier molecular flexibility index (Phi) is 4.38. The second-order valence-electron chi connectivity index (χ2n) is 6.83. The molecular formula is C21H16FN5O3S. The Bertz CT molecular complexity index is 1320. The quantitative estimate of drug-likeness (QED) is 0.577. The van der Waals surface area contributed by atoms with E-state index in [1.54, 1.807) is 29.3 Å². The Labute approximate surface area is 177 Å². The van der Waals surface area contributed by atoms with Gasteiger partial charge >= 0.3 is 0 Å². The molecule has 0 atom stereocenters. The van der Waals surface area contributed by atoms with Gasteiger partial charge in [0, 0.05) is 18.0 Å². The van der Waals surface area contributed by atoms with Gasteiger partial charge in [0.05, 0.1) is 17.1 Å². The molecule has 3 heterocycles. The average molecular weight is 437 g/mol. The molecule has 3 N–H and O–H groups in total. The van der Waals surface area contributed by atoms with Gasteiger partial charge in [-0.05, 0) is 48.5 Å². The summed E-state index contributed by atoms with van der Waals surface area (Å²) in [7, 11) is -3.90. The van der Waals surface area contributed by atoms with Crippen molar-refractivity contribution in [2.24, 2.45) is 0 Å². The highest BCUT2D eigenvalue weighted by atomic mass is 32.2. The van der Waals surface area contributed by atoms with E-state index in [1.807, 2.05) is 0 Å². The van der Waals surface area contributed by atoms with E-state index in [-0.39, 0.29) is 10.8 Å². The highest BCUT2D eigenvalue weighted by molar-refractivity contribution is 7.89. The number of hydrazine groups is 2. The molecule has 2 aromatic carbocycles. The van der Waals surface area contributed by atoms with Gasteiger partial charge in [-0.2, -0.15) is 0 Å². The van der Waals surface area contributed by atoms with Crippen LogP contribution in [0.5, 0.6) is 0 Å². The first-order valence-corrected chi connectivity index (χ1v) is 10.7. The molecule has 8 nitrogen and oxygen atoms in total. The Balaban J connectivity index is 1.58. The largest absolute Gasteiger partial charge is 0.492 e. The average Bonchev–Trinajstić information content (AvgIpc) is 3.11. The van der Waals surface area contributed by atoms with Crippen molar-refractivity contribution >= 4 is 27.1 Å². The molecular weight excluding hydrogens is 421 g/mol. The number of pyridine rings is 1. The second kappa shape index (κ2) is 7.11. The zero-order valence-electron chi connectivity index (χ0n) is 15.9. The molecule has 0 fully saturated rings. The number of aliphatic hydroxyl groups is 1. The van der Waals surface area contributed by atoms with Crippen LogP contribution in [0.25, 0.3) is 5.70 Å². The summed E-state index contributed by atoms with van der Waals surface area (Å²) in [6.45, 7) is 0. The highest BCUT2D eigenvalue weighted by Crippen LogP contribution is 2.39. The number of halogens is 1. The normalized spacial score (nSPS) is 15.5. The number of nitrogens with zero attached hydrogens (tertiary/aromatic N) is 3. The van der Waals surface area contributed by atoms with E-state index < -0.39 is 15.8 Å². The SMILES string of the molecule is O=S(=O)(NC1=CC2=C(O)N(c3ccc(F)cc3)NN2c2ccccc21)c1cccnc1. The van der Waals surface area contributed by atoms with Crippen LogP contribution in [0.2, 0.25) is 0 Å². The maximum absolute atomic E-state index is 13.3. The molecule has 31 heavy (non-hydrogen) atoms. The van der Waals surface area contributed by atoms with Gasteiger partial charge in [-0.3, -0.25) is 14.7 Å². The number of hydrogen-bond donors (Lipinski definition) is 3. The van der Waals surface area contributed by atoms with E-state index in [0.717, 1.165) is 0 Å².